The van der Waals surface area contributed by atoms with E-state index in [0.29, 0.717) is 11.3 Å². The highest BCUT2D eigenvalue weighted by Gasteiger charge is 2.55. The maximum absolute atomic E-state index is 13.6. The van der Waals surface area contributed by atoms with Gasteiger partial charge >= 0.3 is 12.2 Å². The Hall–Kier alpha value is -3.55. The molecule has 0 radical (unpaired) electrons. The van der Waals surface area contributed by atoms with Crippen molar-refractivity contribution in [1.82, 2.24) is 10.4 Å². The first-order valence-electron chi connectivity index (χ1n) is 10.6. The Kier molecular flexibility index (Phi) is 6.72. The van der Waals surface area contributed by atoms with Crippen LogP contribution in [-0.2, 0) is 26.2 Å². The van der Waals surface area contributed by atoms with Crippen molar-refractivity contribution in [3.8, 4) is 0 Å². The molecule has 0 spiro atoms. The van der Waals surface area contributed by atoms with E-state index in [1.807, 2.05) is 31.2 Å². The van der Waals surface area contributed by atoms with Crippen LogP contribution < -0.4 is 10.7 Å². The van der Waals surface area contributed by atoms with E-state index < -0.39 is 35.8 Å². The molecule has 2 aromatic rings. The van der Waals surface area contributed by atoms with Gasteiger partial charge in [-0.2, -0.15) is 5.01 Å². The lowest BCUT2D eigenvalue weighted by molar-refractivity contribution is -0.129. The Labute approximate surface area is 187 Å². The molecule has 32 heavy (non-hydrogen) atoms. The quantitative estimate of drug-likeness (QED) is 0.678. The Morgan fingerprint density at radius 2 is 1.62 bits per heavy atom. The second kappa shape index (κ2) is 9.30. The lowest BCUT2D eigenvalue weighted by atomic mass is 9.83. The Morgan fingerprint density at radius 1 is 1.00 bits per heavy atom. The number of para-hydroxylation sites is 1. The normalized spacial score (nSPS) is 17.0. The summed E-state index contributed by atoms with van der Waals surface area (Å²) in [6.07, 6.45) is -2.49. The number of nitrogens with zero attached hydrogens (tertiary/aromatic N) is 1. The summed E-state index contributed by atoms with van der Waals surface area (Å²) in [4.78, 5) is 39.4. The highest BCUT2D eigenvalue weighted by atomic mass is 16.6. The molecule has 1 aliphatic rings. The lowest BCUT2D eigenvalue weighted by Gasteiger charge is -2.39. The van der Waals surface area contributed by atoms with Gasteiger partial charge in [-0.25, -0.2) is 15.0 Å². The van der Waals surface area contributed by atoms with Gasteiger partial charge in [-0.15, -0.1) is 0 Å². The Bertz CT molecular complexity index is 1020. The number of carbonyl (C=O) groups is 3. The molecule has 3 amide bonds. The molecule has 2 aromatic carbocycles. The number of rotatable bonds is 5. The number of benzene rings is 2. The predicted octanol–water partition coefficient (Wildman–Crippen LogP) is 4.28. The van der Waals surface area contributed by atoms with Gasteiger partial charge in [0.1, 0.15) is 0 Å². The summed E-state index contributed by atoms with van der Waals surface area (Å²) in [6, 6.07) is 14.7. The minimum absolute atomic E-state index is 0.123. The molecule has 0 saturated carbocycles. The Morgan fingerprint density at radius 3 is 2.28 bits per heavy atom. The van der Waals surface area contributed by atoms with Crippen LogP contribution in [0.2, 0.25) is 0 Å². The molecule has 170 valence electrons. The summed E-state index contributed by atoms with van der Waals surface area (Å²) in [5.74, 6) is -0.451. The molecule has 1 atom stereocenters. The molecule has 0 aliphatic carbocycles. The topological polar surface area (TPSA) is 97.0 Å². The van der Waals surface area contributed by atoms with Crippen molar-refractivity contribution >= 4 is 23.8 Å². The number of hydrazine groups is 1. The average molecular weight is 440 g/mol. The van der Waals surface area contributed by atoms with Crippen molar-refractivity contribution in [2.45, 2.75) is 58.8 Å². The second-order valence-electron chi connectivity index (χ2n) is 8.30. The van der Waals surface area contributed by atoms with Gasteiger partial charge in [-0.05, 0) is 51.8 Å². The third-order valence-corrected chi connectivity index (χ3v) is 5.15. The number of nitrogens with one attached hydrogen (secondary N) is 2. The molecule has 3 rings (SSSR count). The van der Waals surface area contributed by atoms with Gasteiger partial charge in [0.05, 0.1) is 12.2 Å². The molecular weight excluding hydrogens is 410 g/mol. The fourth-order valence-corrected chi connectivity index (χ4v) is 3.74. The zero-order valence-electron chi connectivity index (χ0n) is 19.0. The third-order valence-electron chi connectivity index (χ3n) is 5.15. The van der Waals surface area contributed by atoms with Crippen LogP contribution in [0, 0.1) is 6.92 Å². The molecule has 1 aliphatic heterocycles. The van der Waals surface area contributed by atoms with Crippen molar-refractivity contribution in [1.29, 1.82) is 0 Å². The van der Waals surface area contributed by atoms with Crippen LogP contribution >= 0.6 is 0 Å². The highest BCUT2D eigenvalue weighted by Crippen LogP contribution is 2.43. The summed E-state index contributed by atoms with van der Waals surface area (Å²) in [6.45, 7) is 8.70. The maximum atomic E-state index is 13.6. The van der Waals surface area contributed by atoms with Crippen LogP contribution in [0.25, 0.3) is 0 Å². The fourth-order valence-electron chi connectivity index (χ4n) is 3.74. The molecule has 8 heteroatoms. The lowest BCUT2D eigenvalue weighted by Crippen LogP contribution is -2.62. The number of carbonyl (C=O) groups excluding carboxylic acids is 3. The third kappa shape index (κ3) is 4.54. The molecule has 0 saturated heterocycles. The van der Waals surface area contributed by atoms with E-state index in [-0.39, 0.29) is 6.42 Å². The predicted molar refractivity (Wildman–Crippen MR) is 120 cm³/mol. The zero-order valence-corrected chi connectivity index (χ0v) is 19.0. The van der Waals surface area contributed by atoms with E-state index in [0.717, 1.165) is 16.1 Å². The van der Waals surface area contributed by atoms with Gasteiger partial charge in [0.25, 0.3) is 5.91 Å². The molecule has 0 unspecified atom stereocenters. The van der Waals surface area contributed by atoms with Crippen LogP contribution in [-0.4, -0.2) is 35.3 Å². The highest BCUT2D eigenvalue weighted by molar-refractivity contribution is 6.07. The Balaban J connectivity index is 2.18. The first-order valence-corrected chi connectivity index (χ1v) is 10.6. The fraction of sp³-hybridized carbons (Fsp3) is 0.375. The van der Waals surface area contributed by atoms with Crippen LogP contribution in [0.15, 0.2) is 48.5 Å². The van der Waals surface area contributed by atoms with Gasteiger partial charge in [-0.3, -0.25) is 4.79 Å². The number of ether oxygens (including phenoxy) is 2. The molecule has 8 nitrogen and oxygen atoms in total. The van der Waals surface area contributed by atoms with Crippen molar-refractivity contribution < 1.29 is 23.9 Å². The van der Waals surface area contributed by atoms with Gasteiger partial charge < -0.3 is 14.8 Å². The molecule has 0 bridgehead atoms. The molecular formula is C24H29N3O5. The largest absolute Gasteiger partial charge is 0.446 e. The number of aryl methyl sites for hydroxylation is 1. The standard InChI is InChI=1S/C24H29N3O5/c1-15(2)31-22(29)26-27(23(30)32-16(3)4)24(14-18-11-7-6-10-17(18)5)19-12-8-9-13-20(19)25-21(24)28/h6-13,15-16H,14H2,1-5H3,(H,25,28)(H,26,29)/t24-/m0/s1. The summed E-state index contributed by atoms with van der Waals surface area (Å²) >= 11 is 0. The number of fused-ring (bicyclic) bond motifs is 1. The van der Waals surface area contributed by atoms with Gasteiger partial charge in [0, 0.05) is 17.7 Å². The number of amides is 3. The first-order chi connectivity index (χ1) is 15.1. The van der Waals surface area contributed by atoms with Crippen LogP contribution in [0.1, 0.15) is 44.4 Å². The van der Waals surface area contributed by atoms with E-state index >= 15 is 0 Å². The van der Waals surface area contributed by atoms with Crippen molar-refractivity contribution in [2.24, 2.45) is 0 Å². The van der Waals surface area contributed by atoms with Crippen molar-refractivity contribution in [2.75, 3.05) is 5.32 Å². The zero-order chi connectivity index (χ0) is 23.5. The minimum atomic E-state index is -1.58. The summed E-state index contributed by atoms with van der Waals surface area (Å²) in [5.41, 5.74) is 3.82. The van der Waals surface area contributed by atoms with Gasteiger partial charge in [-0.1, -0.05) is 42.5 Å². The summed E-state index contributed by atoms with van der Waals surface area (Å²) in [5, 5.41) is 3.81. The van der Waals surface area contributed by atoms with E-state index in [9.17, 15) is 14.4 Å². The van der Waals surface area contributed by atoms with Gasteiger partial charge in [0.15, 0.2) is 5.54 Å². The van der Waals surface area contributed by atoms with Gasteiger partial charge in [0.2, 0.25) is 0 Å². The second-order valence-corrected chi connectivity index (χ2v) is 8.30. The van der Waals surface area contributed by atoms with Crippen LogP contribution in [0.5, 0.6) is 0 Å². The smallest absolute Gasteiger partial charge is 0.430 e. The van der Waals surface area contributed by atoms with E-state index in [1.54, 1.807) is 52.0 Å². The van der Waals surface area contributed by atoms with E-state index in [4.69, 9.17) is 9.47 Å². The van der Waals surface area contributed by atoms with Crippen LogP contribution in [0.4, 0.5) is 15.3 Å². The molecule has 2 N–H and O–H groups in total. The minimum Gasteiger partial charge on any atom is -0.446 e. The molecule has 0 fully saturated rings. The molecule has 1 heterocycles. The molecule has 0 aromatic heterocycles. The number of hydrogen-bond donors (Lipinski definition) is 2. The average Bonchev–Trinajstić information content (AvgIpc) is 2.99. The van der Waals surface area contributed by atoms with E-state index in [2.05, 4.69) is 10.7 Å². The first kappa shape index (κ1) is 23.1. The summed E-state index contributed by atoms with van der Waals surface area (Å²) < 4.78 is 10.6. The number of anilines is 1. The van der Waals surface area contributed by atoms with Crippen molar-refractivity contribution in [3.05, 3.63) is 65.2 Å². The maximum Gasteiger partial charge on any atom is 0.430 e. The summed E-state index contributed by atoms with van der Waals surface area (Å²) in [7, 11) is 0. The van der Waals surface area contributed by atoms with E-state index in [1.165, 1.54) is 0 Å². The van der Waals surface area contributed by atoms with Crippen molar-refractivity contribution in [3.63, 3.8) is 0 Å². The van der Waals surface area contributed by atoms with Crippen LogP contribution in [0.3, 0.4) is 0 Å². The number of hydrogen-bond acceptors (Lipinski definition) is 5. The monoisotopic (exact) mass is 439 g/mol. The SMILES string of the molecule is Cc1ccccc1C[C@@]1(N(NC(=O)OC(C)C)C(=O)OC(C)C)C(=O)Nc2ccccc21.